The van der Waals surface area contributed by atoms with Crippen LogP contribution in [0.25, 0.3) is 17.1 Å². The van der Waals surface area contributed by atoms with E-state index in [9.17, 15) is 4.79 Å². The smallest absolute Gasteiger partial charge is 0.295 e. The average molecular weight is 472 g/mol. The normalized spacial score (nSPS) is 10.9. The topological polar surface area (TPSA) is 59.8 Å². The van der Waals surface area contributed by atoms with E-state index in [2.05, 4.69) is 15.4 Å². The Bertz CT molecular complexity index is 1300. The summed E-state index contributed by atoms with van der Waals surface area (Å²) in [5, 5.41) is 8.64. The molecule has 0 radical (unpaired) electrons. The maximum Gasteiger partial charge on any atom is 0.295 e. The van der Waals surface area contributed by atoms with E-state index < -0.39 is 5.91 Å². The van der Waals surface area contributed by atoms with E-state index in [1.165, 1.54) is 0 Å². The van der Waals surface area contributed by atoms with Crippen LogP contribution in [0.4, 0.5) is 5.69 Å². The molecule has 1 N–H and O–H groups in total. The number of halogens is 3. The molecule has 4 aromatic rings. The number of nitrogens with one attached hydrogen (secondary N) is 1. The highest BCUT2D eigenvalue weighted by molar-refractivity contribution is 6.36. The molecular formula is C23H17Cl3N4O. The first-order chi connectivity index (χ1) is 14.8. The van der Waals surface area contributed by atoms with Crippen LogP contribution >= 0.6 is 34.8 Å². The van der Waals surface area contributed by atoms with E-state index in [4.69, 9.17) is 34.8 Å². The van der Waals surface area contributed by atoms with Crippen LogP contribution in [0, 0.1) is 13.8 Å². The Morgan fingerprint density at radius 1 is 0.935 bits per heavy atom. The van der Waals surface area contributed by atoms with Gasteiger partial charge in [0, 0.05) is 15.6 Å². The Balaban J connectivity index is 1.81. The highest BCUT2D eigenvalue weighted by Crippen LogP contribution is 2.28. The quantitative estimate of drug-likeness (QED) is 0.357. The van der Waals surface area contributed by atoms with Crippen molar-refractivity contribution >= 4 is 46.4 Å². The highest BCUT2D eigenvalue weighted by Gasteiger charge is 2.21. The van der Waals surface area contributed by atoms with Gasteiger partial charge >= 0.3 is 0 Å². The largest absolute Gasteiger partial charge is 0.318 e. The summed E-state index contributed by atoms with van der Waals surface area (Å²) in [4.78, 5) is 17.5. The summed E-state index contributed by atoms with van der Waals surface area (Å²) >= 11 is 18.4. The fraction of sp³-hybridized carbons (Fsp3) is 0.0870. The minimum atomic E-state index is -0.489. The van der Waals surface area contributed by atoms with Crippen LogP contribution in [-0.2, 0) is 0 Å². The molecule has 0 aliphatic heterocycles. The third-order valence-corrected chi connectivity index (χ3v) is 5.69. The summed E-state index contributed by atoms with van der Waals surface area (Å²) in [6.45, 7) is 3.89. The first-order valence-corrected chi connectivity index (χ1v) is 10.5. The van der Waals surface area contributed by atoms with Gasteiger partial charge < -0.3 is 5.32 Å². The van der Waals surface area contributed by atoms with Crippen molar-refractivity contribution in [3.63, 3.8) is 0 Å². The fourth-order valence-electron chi connectivity index (χ4n) is 3.14. The number of rotatable bonds is 4. The molecule has 0 spiro atoms. The van der Waals surface area contributed by atoms with Crippen molar-refractivity contribution in [2.24, 2.45) is 0 Å². The lowest BCUT2D eigenvalue weighted by Gasteiger charge is -2.10. The summed E-state index contributed by atoms with van der Waals surface area (Å²) in [6, 6.07) is 18.2. The van der Waals surface area contributed by atoms with Crippen molar-refractivity contribution in [2.75, 3.05) is 5.32 Å². The van der Waals surface area contributed by atoms with Crippen molar-refractivity contribution in [3.8, 4) is 17.1 Å². The van der Waals surface area contributed by atoms with E-state index in [-0.39, 0.29) is 5.82 Å². The number of carbonyl (C=O) groups is 1. The van der Waals surface area contributed by atoms with E-state index >= 15 is 0 Å². The second-order valence-electron chi connectivity index (χ2n) is 7.00. The number of hydrogen-bond acceptors (Lipinski definition) is 3. The molecule has 0 saturated heterocycles. The number of benzene rings is 3. The van der Waals surface area contributed by atoms with Gasteiger partial charge in [0.05, 0.1) is 16.4 Å². The molecule has 31 heavy (non-hydrogen) atoms. The lowest BCUT2D eigenvalue weighted by atomic mass is 10.1. The van der Waals surface area contributed by atoms with Crippen LogP contribution < -0.4 is 5.32 Å². The lowest BCUT2D eigenvalue weighted by molar-refractivity contribution is 0.101. The summed E-state index contributed by atoms with van der Waals surface area (Å²) in [6.07, 6.45) is 0. The minimum Gasteiger partial charge on any atom is -0.318 e. The number of aryl methyl sites for hydroxylation is 1. The average Bonchev–Trinajstić information content (AvgIpc) is 3.17. The molecule has 0 unspecified atom stereocenters. The standard InChI is InChI=1S/C23H17Cl3N4O/c1-13-5-3-6-15(11-13)22-28-21(23(31)27-19-10-9-16(24)12-18(19)26)29-30(22)20-8-4-7-17(25)14(20)2/h3-12H,1-2H3,(H,27,31). The highest BCUT2D eigenvalue weighted by atomic mass is 35.5. The molecule has 0 aliphatic rings. The predicted octanol–water partition coefficient (Wildman–Crippen LogP) is 6.76. The van der Waals surface area contributed by atoms with Gasteiger partial charge in [0.2, 0.25) is 5.82 Å². The van der Waals surface area contributed by atoms with Crippen molar-refractivity contribution < 1.29 is 4.79 Å². The molecule has 8 heteroatoms. The first-order valence-electron chi connectivity index (χ1n) is 9.39. The molecule has 1 heterocycles. The SMILES string of the molecule is Cc1cccc(-c2nc(C(=O)Nc3ccc(Cl)cc3Cl)nn2-c2cccc(Cl)c2C)c1. The zero-order valence-corrected chi connectivity index (χ0v) is 18.9. The number of carbonyl (C=O) groups excluding carboxylic acids is 1. The van der Waals surface area contributed by atoms with Crippen molar-refractivity contribution in [3.05, 3.63) is 92.7 Å². The third kappa shape index (κ3) is 4.44. The van der Waals surface area contributed by atoms with E-state index in [0.29, 0.717) is 26.6 Å². The summed E-state index contributed by atoms with van der Waals surface area (Å²) in [5.41, 5.74) is 3.88. The minimum absolute atomic E-state index is 0.00176. The van der Waals surface area contributed by atoms with E-state index in [1.54, 1.807) is 28.9 Å². The molecule has 0 fully saturated rings. The van der Waals surface area contributed by atoms with Crippen LogP contribution in [0.15, 0.2) is 60.7 Å². The van der Waals surface area contributed by atoms with Crippen LogP contribution in [0.5, 0.6) is 0 Å². The number of nitrogens with zero attached hydrogens (tertiary/aromatic N) is 3. The molecule has 5 nitrogen and oxygen atoms in total. The maximum absolute atomic E-state index is 12.9. The molecule has 1 aromatic heterocycles. The third-order valence-electron chi connectivity index (χ3n) is 4.73. The van der Waals surface area contributed by atoms with Gasteiger partial charge in [-0.1, -0.05) is 64.6 Å². The van der Waals surface area contributed by atoms with Crippen LogP contribution in [0.3, 0.4) is 0 Å². The molecule has 1 amide bonds. The van der Waals surface area contributed by atoms with Gasteiger partial charge in [-0.15, -0.1) is 5.10 Å². The lowest BCUT2D eigenvalue weighted by Crippen LogP contribution is -2.14. The van der Waals surface area contributed by atoms with Gasteiger partial charge in [0.25, 0.3) is 5.91 Å². The Labute approximate surface area is 194 Å². The van der Waals surface area contributed by atoms with Gasteiger partial charge in [-0.05, 0) is 55.8 Å². The Kier molecular flexibility index (Phi) is 6.01. The summed E-state index contributed by atoms with van der Waals surface area (Å²) < 4.78 is 1.63. The zero-order valence-electron chi connectivity index (χ0n) is 16.7. The van der Waals surface area contributed by atoms with Gasteiger partial charge in [-0.3, -0.25) is 4.79 Å². The van der Waals surface area contributed by atoms with Crippen LogP contribution in [-0.4, -0.2) is 20.7 Å². The first kappa shape index (κ1) is 21.4. The molecule has 0 aliphatic carbocycles. The zero-order chi connectivity index (χ0) is 22.1. The van der Waals surface area contributed by atoms with Gasteiger partial charge in [-0.2, -0.15) is 0 Å². The summed E-state index contributed by atoms with van der Waals surface area (Å²) in [7, 11) is 0. The Hall–Kier alpha value is -2.86. The maximum atomic E-state index is 12.9. The number of amides is 1. The molecule has 156 valence electrons. The molecule has 0 bridgehead atoms. The molecule has 3 aromatic carbocycles. The van der Waals surface area contributed by atoms with Crippen molar-refractivity contribution in [1.29, 1.82) is 0 Å². The van der Waals surface area contributed by atoms with E-state index in [0.717, 1.165) is 22.4 Å². The summed E-state index contributed by atoms with van der Waals surface area (Å²) in [5.74, 6) is 0.0416. The Morgan fingerprint density at radius 2 is 1.71 bits per heavy atom. The molecule has 4 rings (SSSR count). The van der Waals surface area contributed by atoms with Crippen molar-refractivity contribution in [1.82, 2.24) is 14.8 Å². The van der Waals surface area contributed by atoms with Gasteiger partial charge in [0.1, 0.15) is 0 Å². The van der Waals surface area contributed by atoms with Crippen molar-refractivity contribution in [2.45, 2.75) is 13.8 Å². The molecule has 0 saturated carbocycles. The molecule has 0 atom stereocenters. The monoisotopic (exact) mass is 470 g/mol. The van der Waals surface area contributed by atoms with Crippen LogP contribution in [0.1, 0.15) is 21.7 Å². The Morgan fingerprint density at radius 3 is 2.45 bits per heavy atom. The fourth-order valence-corrected chi connectivity index (χ4v) is 3.77. The number of anilines is 1. The number of aromatic nitrogens is 3. The second-order valence-corrected chi connectivity index (χ2v) is 8.25. The predicted molar refractivity (Wildman–Crippen MR) is 126 cm³/mol. The molecular weight excluding hydrogens is 455 g/mol. The second kappa shape index (κ2) is 8.71. The van der Waals surface area contributed by atoms with Crippen LogP contribution in [0.2, 0.25) is 15.1 Å². The van der Waals surface area contributed by atoms with Gasteiger partial charge in [-0.25, -0.2) is 9.67 Å². The van der Waals surface area contributed by atoms with E-state index in [1.807, 2.05) is 50.2 Å². The number of hydrogen-bond donors (Lipinski definition) is 1. The van der Waals surface area contributed by atoms with Gasteiger partial charge in [0.15, 0.2) is 5.82 Å².